The van der Waals surface area contributed by atoms with Crippen LogP contribution in [0.2, 0.25) is 0 Å². The van der Waals surface area contributed by atoms with Crippen LogP contribution in [0.1, 0.15) is 34.5 Å². The first-order chi connectivity index (χ1) is 11.1. The molecule has 0 aliphatic carbocycles. The second kappa shape index (κ2) is 6.42. The van der Waals surface area contributed by atoms with E-state index in [0.29, 0.717) is 24.4 Å². The molecular formula is C19H22N2O2. The molecule has 23 heavy (non-hydrogen) atoms. The molecule has 3 rings (SSSR count). The molecule has 0 saturated carbocycles. The molecular weight excluding hydrogens is 288 g/mol. The van der Waals surface area contributed by atoms with Gasteiger partial charge in [0.2, 0.25) is 0 Å². The van der Waals surface area contributed by atoms with Crippen molar-refractivity contribution >= 4 is 11.6 Å². The van der Waals surface area contributed by atoms with Crippen molar-refractivity contribution in [3.63, 3.8) is 0 Å². The van der Waals surface area contributed by atoms with E-state index in [1.54, 1.807) is 6.07 Å². The van der Waals surface area contributed by atoms with Crippen LogP contribution >= 0.6 is 0 Å². The molecule has 0 bridgehead atoms. The van der Waals surface area contributed by atoms with E-state index in [1.165, 1.54) is 0 Å². The van der Waals surface area contributed by atoms with Gasteiger partial charge in [-0.25, -0.2) is 0 Å². The number of hydrogen-bond acceptors (Lipinski definition) is 3. The zero-order valence-corrected chi connectivity index (χ0v) is 13.5. The van der Waals surface area contributed by atoms with Crippen molar-refractivity contribution in [2.24, 2.45) is 0 Å². The number of nitrogens with two attached hydrogens (primary N) is 1. The van der Waals surface area contributed by atoms with Gasteiger partial charge in [-0.05, 0) is 37.1 Å². The largest absolute Gasteiger partial charge is 0.399 e. The van der Waals surface area contributed by atoms with Crippen molar-refractivity contribution in [2.45, 2.75) is 26.0 Å². The van der Waals surface area contributed by atoms with Crippen LogP contribution in [0.15, 0.2) is 48.5 Å². The maximum absolute atomic E-state index is 13.1. The van der Waals surface area contributed by atoms with E-state index in [9.17, 15) is 4.79 Å². The van der Waals surface area contributed by atoms with Crippen LogP contribution in [-0.2, 0) is 4.74 Å². The minimum absolute atomic E-state index is 0.0128. The number of benzene rings is 2. The first-order valence-corrected chi connectivity index (χ1v) is 7.90. The monoisotopic (exact) mass is 310 g/mol. The molecule has 2 aromatic rings. The highest BCUT2D eigenvalue weighted by atomic mass is 16.5. The summed E-state index contributed by atoms with van der Waals surface area (Å²) in [5.41, 5.74) is 9.18. The number of rotatable bonds is 2. The number of amides is 1. The molecule has 2 aromatic carbocycles. The highest BCUT2D eigenvalue weighted by Crippen LogP contribution is 2.29. The van der Waals surface area contributed by atoms with Crippen molar-refractivity contribution in [1.29, 1.82) is 0 Å². The van der Waals surface area contributed by atoms with Crippen LogP contribution in [0.4, 0.5) is 5.69 Å². The molecule has 0 spiro atoms. The number of nitrogen functional groups attached to an aromatic ring is 1. The van der Waals surface area contributed by atoms with Gasteiger partial charge < -0.3 is 15.4 Å². The van der Waals surface area contributed by atoms with Crippen molar-refractivity contribution < 1.29 is 9.53 Å². The SMILES string of the molecule is Cc1ccc(N)cc1C(=O)N1CC(C)OCC1c1ccccc1. The number of aryl methyl sites for hydroxylation is 1. The van der Waals surface area contributed by atoms with Crippen LogP contribution in [-0.4, -0.2) is 30.1 Å². The number of morpholine rings is 1. The van der Waals surface area contributed by atoms with Gasteiger partial charge in [-0.3, -0.25) is 4.79 Å². The average Bonchev–Trinajstić information content (AvgIpc) is 2.57. The van der Waals surface area contributed by atoms with E-state index in [0.717, 1.165) is 11.1 Å². The molecule has 2 N–H and O–H groups in total. The van der Waals surface area contributed by atoms with Crippen LogP contribution in [0.25, 0.3) is 0 Å². The van der Waals surface area contributed by atoms with Crippen LogP contribution in [0.5, 0.6) is 0 Å². The van der Waals surface area contributed by atoms with E-state index >= 15 is 0 Å². The van der Waals surface area contributed by atoms with Crippen LogP contribution in [0, 0.1) is 6.92 Å². The minimum Gasteiger partial charge on any atom is -0.399 e. The summed E-state index contributed by atoms with van der Waals surface area (Å²) in [6.07, 6.45) is 0.0280. The maximum Gasteiger partial charge on any atom is 0.254 e. The number of carbonyl (C=O) groups is 1. The van der Waals surface area contributed by atoms with E-state index in [4.69, 9.17) is 10.5 Å². The third-order valence-electron chi connectivity index (χ3n) is 4.31. The lowest BCUT2D eigenvalue weighted by atomic mass is 10.0. The topological polar surface area (TPSA) is 55.6 Å². The second-order valence-electron chi connectivity index (χ2n) is 6.10. The van der Waals surface area contributed by atoms with Crippen molar-refractivity contribution in [3.8, 4) is 0 Å². The standard InChI is InChI=1S/C19H22N2O2/c1-13-8-9-16(20)10-17(13)19(22)21-11-14(2)23-12-18(21)15-6-4-3-5-7-15/h3-10,14,18H,11-12,20H2,1-2H3. The maximum atomic E-state index is 13.1. The van der Waals surface area contributed by atoms with Crippen molar-refractivity contribution in [3.05, 3.63) is 65.2 Å². The first kappa shape index (κ1) is 15.6. The van der Waals surface area contributed by atoms with E-state index in [1.807, 2.05) is 61.2 Å². The summed E-state index contributed by atoms with van der Waals surface area (Å²) in [5, 5.41) is 0. The molecule has 4 heteroatoms. The lowest BCUT2D eigenvalue weighted by Crippen LogP contribution is -2.47. The Balaban J connectivity index is 1.96. The summed E-state index contributed by atoms with van der Waals surface area (Å²) < 4.78 is 5.80. The molecule has 1 fully saturated rings. The van der Waals surface area contributed by atoms with Gasteiger partial charge in [-0.1, -0.05) is 36.4 Å². The van der Waals surface area contributed by atoms with Gasteiger partial charge in [-0.15, -0.1) is 0 Å². The fraction of sp³-hybridized carbons (Fsp3) is 0.316. The molecule has 2 unspecified atom stereocenters. The first-order valence-electron chi connectivity index (χ1n) is 7.90. The zero-order chi connectivity index (χ0) is 16.4. The second-order valence-corrected chi connectivity index (χ2v) is 6.10. The predicted octanol–water partition coefficient (Wildman–Crippen LogP) is 3.18. The Morgan fingerprint density at radius 1 is 1.22 bits per heavy atom. The Labute approximate surface area is 136 Å². The Morgan fingerprint density at radius 3 is 2.70 bits per heavy atom. The van der Waals surface area contributed by atoms with Crippen LogP contribution < -0.4 is 5.73 Å². The fourth-order valence-corrected chi connectivity index (χ4v) is 3.00. The van der Waals surface area contributed by atoms with Crippen LogP contribution in [0.3, 0.4) is 0 Å². The molecule has 2 atom stereocenters. The molecule has 0 aromatic heterocycles. The summed E-state index contributed by atoms with van der Waals surface area (Å²) in [6, 6.07) is 15.4. The van der Waals surface area contributed by atoms with E-state index < -0.39 is 0 Å². The number of anilines is 1. The molecule has 1 saturated heterocycles. The molecule has 1 aliphatic rings. The summed E-state index contributed by atoms with van der Waals surface area (Å²) >= 11 is 0. The normalized spacial score (nSPS) is 21.2. The third-order valence-corrected chi connectivity index (χ3v) is 4.31. The smallest absolute Gasteiger partial charge is 0.254 e. The molecule has 120 valence electrons. The Kier molecular flexibility index (Phi) is 4.35. The number of ether oxygens (including phenoxy) is 1. The lowest BCUT2D eigenvalue weighted by Gasteiger charge is -2.39. The number of carbonyl (C=O) groups excluding carboxylic acids is 1. The fourth-order valence-electron chi connectivity index (χ4n) is 3.00. The van der Waals surface area contributed by atoms with Gasteiger partial charge in [0, 0.05) is 17.8 Å². The van der Waals surface area contributed by atoms with Gasteiger partial charge in [-0.2, -0.15) is 0 Å². The molecule has 1 amide bonds. The highest BCUT2D eigenvalue weighted by Gasteiger charge is 2.32. The summed E-state index contributed by atoms with van der Waals surface area (Å²) in [5.74, 6) is 0.0128. The van der Waals surface area contributed by atoms with Crippen molar-refractivity contribution in [1.82, 2.24) is 4.90 Å². The van der Waals surface area contributed by atoms with Crippen molar-refractivity contribution in [2.75, 3.05) is 18.9 Å². The van der Waals surface area contributed by atoms with Gasteiger partial charge in [0.15, 0.2) is 0 Å². The highest BCUT2D eigenvalue weighted by molar-refractivity contribution is 5.96. The Bertz CT molecular complexity index is 700. The molecule has 1 aliphatic heterocycles. The number of nitrogens with zero attached hydrogens (tertiary/aromatic N) is 1. The van der Waals surface area contributed by atoms with Gasteiger partial charge in [0.05, 0.1) is 18.8 Å². The summed E-state index contributed by atoms with van der Waals surface area (Å²) in [6.45, 7) is 5.02. The van der Waals surface area contributed by atoms with E-state index in [2.05, 4.69) is 0 Å². The van der Waals surface area contributed by atoms with E-state index in [-0.39, 0.29) is 18.1 Å². The zero-order valence-electron chi connectivity index (χ0n) is 13.5. The lowest BCUT2D eigenvalue weighted by molar-refractivity contribution is -0.0447. The summed E-state index contributed by atoms with van der Waals surface area (Å²) in [4.78, 5) is 15.0. The summed E-state index contributed by atoms with van der Waals surface area (Å²) in [7, 11) is 0. The Hall–Kier alpha value is -2.33. The predicted molar refractivity (Wildman–Crippen MR) is 91.2 cm³/mol. The van der Waals surface area contributed by atoms with Gasteiger partial charge in [0.25, 0.3) is 5.91 Å². The van der Waals surface area contributed by atoms with Gasteiger partial charge in [0.1, 0.15) is 0 Å². The quantitative estimate of drug-likeness (QED) is 0.867. The molecule has 4 nitrogen and oxygen atoms in total. The molecule has 1 heterocycles. The third kappa shape index (κ3) is 3.22. The Morgan fingerprint density at radius 2 is 1.96 bits per heavy atom. The molecule has 0 radical (unpaired) electrons. The number of hydrogen-bond donors (Lipinski definition) is 1. The minimum atomic E-state index is -0.0688. The van der Waals surface area contributed by atoms with Gasteiger partial charge >= 0.3 is 0 Å². The average molecular weight is 310 g/mol.